The molecule has 0 aliphatic heterocycles. The van der Waals surface area contributed by atoms with E-state index in [1.54, 1.807) is 0 Å². The maximum absolute atomic E-state index is 4.64. The maximum Gasteiger partial charge on any atom is 0.0656 e. The van der Waals surface area contributed by atoms with Gasteiger partial charge in [0.1, 0.15) is 0 Å². The molecule has 0 radical (unpaired) electrons. The van der Waals surface area contributed by atoms with Gasteiger partial charge in [0.05, 0.1) is 22.8 Å². The highest BCUT2D eigenvalue weighted by atomic mass is 14.8. The lowest BCUT2D eigenvalue weighted by molar-refractivity contribution is 0.396. The Bertz CT molecular complexity index is 570. The molecule has 0 fully saturated rings. The minimum atomic E-state index is 0.475. The van der Waals surface area contributed by atoms with E-state index in [2.05, 4.69) is 19.9 Å². The Morgan fingerprint density at radius 2 is 1.10 bits per heavy atom. The zero-order valence-corrected chi connectivity index (χ0v) is 11.5. The first kappa shape index (κ1) is 11.9. The van der Waals surface area contributed by atoms with E-state index in [-0.39, 0.29) is 0 Å². The predicted molar refractivity (Wildman–Crippen MR) is 75.4 cm³/mol. The van der Waals surface area contributed by atoms with Crippen molar-refractivity contribution in [1.29, 1.82) is 0 Å². The number of hydrogen-bond donors (Lipinski definition) is 0. The van der Waals surface area contributed by atoms with E-state index in [0.29, 0.717) is 11.8 Å². The second-order valence-electron chi connectivity index (χ2n) is 5.77. The summed E-state index contributed by atoms with van der Waals surface area (Å²) in [6.07, 6.45) is 14.3. The van der Waals surface area contributed by atoms with Crippen LogP contribution < -0.4 is 0 Å². The van der Waals surface area contributed by atoms with Crippen molar-refractivity contribution < 1.29 is 0 Å². The minimum absolute atomic E-state index is 0.475. The van der Waals surface area contributed by atoms with E-state index in [9.17, 15) is 0 Å². The van der Waals surface area contributed by atoms with Gasteiger partial charge in [0.15, 0.2) is 0 Å². The van der Waals surface area contributed by atoms with Crippen molar-refractivity contribution in [3.05, 3.63) is 47.6 Å². The molecule has 2 aliphatic carbocycles. The molecule has 4 heteroatoms. The molecule has 2 aliphatic rings. The van der Waals surface area contributed by atoms with Crippen molar-refractivity contribution in [2.75, 3.05) is 0 Å². The van der Waals surface area contributed by atoms with Crippen molar-refractivity contribution in [2.24, 2.45) is 0 Å². The van der Waals surface area contributed by atoms with Crippen molar-refractivity contribution in [1.82, 2.24) is 19.9 Å². The molecular formula is C16H18N4. The molecule has 4 nitrogen and oxygen atoms in total. The van der Waals surface area contributed by atoms with Crippen LogP contribution in [0.4, 0.5) is 0 Å². The first-order valence-corrected chi connectivity index (χ1v) is 7.53. The molecule has 0 N–H and O–H groups in total. The fourth-order valence-electron chi connectivity index (χ4n) is 3.80. The van der Waals surface area contributed by atoms with Crippen LogP contribution in [0.1, 0.15) is 60.3 Å². The van der Waals surface area contributed by atoms with Crippen molar-refractivity contribution in [2.45, 2.75) is 50.4 Å². The summed E-state index contributed by atoms with van der Waals surface area (Å²) < 4.78 is 0. The summed E-state index contributed by atoms with van der Waals surface area (Å²) in [6, 6.07) is 0. The lowest BCUT2D eigenvalue weighted by atomic mass is 9.73. The lowest BCUT2D eigenvalue weighted by Crippen LogP contribution is -2.24. The standard InChI is InChI=1S/C16H18N4/c1-3-11(15-13(5-1)17-7-9-19-15)12-4-2-6-14-16(12)20-10-8-18-14/h7-12H,1-6H2. The van der Waals surface area contributed by atoms with Crippen LogP contribution in [0.2, 0.25) is 0 Å². The lowest BCUT2D eigenvalue weighted by Gasteiger charge is -2.33. The van der Waals surface area contributed by atoms with Crippen LogP contribution in [0.25, 0.3) is 0 Å². The zero-order valence-electron chi connectivity index (χ0n) is 11.5. The number of aromatic nitrogens is 4. The highest BCUT2D eigenvalue weighted by Gasteiger charge is 2.34. The summed E-state index contributed by atoms with van der Waals surface area (Å²) in [5.41, 5.74) is 4.81. The summed E-state index contributed by atoms with van der Waals surface area (Å²) in [5.74, 6) is 0.950. The van der Waals surface area contributed by atoms with E-state index < -0.39 is 0 Å². The van der Waals surface area contributed by atoms with Gasteiger partial charge in [0.25, 0.3) is 0 Å². The fraction of sp³-hybridized carbons (Fsp3) is 0.500. The average molecular weight is 266 g/mol. The first-order chi connectivity index (χ1) is 9.93. The van der Waals surface area contributed by atoms with Gasteiger partial charge in [-0.3, -0.25) is 19.9 Å². The molecule has 20 heavy (non-hydrogen) atoms. The quantitative estimate of drug-likeness (QED) is 0.796. The molecule has 2 atom stereocenters. The molecule has 2 aromatic heterocycles. The van der Waals surface area contributed by atoms with Gasteiger partial charge in [0.2, 0.25) is 0 Å². The van der Waals surface area contributed by atoms with Crippen LogP contribution >= 0.6 is 0 Å². The third-order valence-corrected chi connectivity index (χ3v) is 4.66. The van der Waals surface area contributed by atoms with Gasteiger partial charge < -0.3 is 0 Å². The number of fused-ring (bicyclic) bond motifs is 2. The molecule has 2 aromatic rings. The Morgan fingerprint density at radius 1 is 0.650 bits per heavy atom. The normalized spacial score (nSPS) is 24.8. The topological polar surface area (TPSA) is 51.6 Å². The highest BCUT2D eigenvalue weighted by Crippen LogP contribution is 2.44. The summed E-state index contributed by atoms with van der Waals surface area (Å²) in [5, 5.41) is 0. The Labute approximate surface area is 118 Å². The molecule has 102 valence electrons. The van der Waals surface area contributed by atoms with Gasteiger partial charge in [-0.05, 0) is 38.5 Å². The van der Waals surface area contributed by atoms with Crippen LogP contribution in [0.3, 0.4) is 0 Å². The Balaban J connectivity index is 1.77. The molecule has 0 saturated heterocycles. The second kappa shape index (κ2) is 4.93. The maximum atomic E-state index is 4.64. The van der Waals surface area contributed by atoms with Gasteiger partial charge >= 0.3 is 0 Å². The van der Waals surface area contributed by atoms with E-state index in [4.69, 9.17) is 0 Å². The fourth-order valence-corrected chi connectivity index (χ4v) is 3.80. The van der Waals surface area contributed by atoms with Gasteiger partial charge in [-0.1, -0.05) is 0 Å². The number of rotatable bonds is 1. The molecule has 2 heterocycles. The third kappa shape index (κ3) is 1.90. The molecule has 4 rings (SSSR count). The van der Waals surface area contributed by atoms with Gasteiger partial charge in [-0.15, -0.1) is 0 Å². The molecule has 0 aromatic carbocycles. The largest absolute Gasteiger partial charge is 0.258 e. The van der Waals surface area contributed by atoms with Gasteiger partial charge in [0, 0.05) is 36.6 Å². The van der Waals surface area contributed by atoms with E-state index >= 15 is 0 Å². The molecule has 0 bridgehead atoms. The number of nitrogens with zero attached hydrogens (tertiary/aromatic N) is 4. The molecule has 0 amide bonds. The van der Waals surface area contributed by atoms with Crippen molar-refractivity contribution in [3.8, 4) is 0 Å². The number of aryl methyl sites for hydroxylation is 2. The zero-order chi connectivity index (χ0) is 13.4. The van der Waals surface area contributed by atoms with E-state index in [0.717, 1.165) is 12.8 Å². The molecule has 0 saturated carbocycles. The average Bonchev–Trinajstić information content (AvgIpc) is 2.54. The monoisotopic (exact) mass is 266 g/mol. The summed E-state index contributed by atoms with van der Waals surface area (Å²) in [7, 11) is 0. The molecule has 0 spiro atoms. The van der Waals surface area contributed by atoms with Crippen LogP contribution in [0.5, 0.6) is 0 Å². The first-order valence-electron chi connectivity index (χ1n) is 7.53. The Hall–Kier alpha value is -1.84. The van der Waals surface area contributed by atoms with E-state index in [1.807, 2.05) is 24.8 Å². The van der Waals surface area contributed by atoms with Crippen LogP contribution in [0.15, 0.2) is 24.8 Å². The van der Waals surface area contributed by atoms with Crippen LogP contribution in [-0.2, 0) is 12.8 Å². The van der Waals surface area contributed by atoms with Crippen LogP contribution in [-0.4, -0.2) is 19.9 Å². The summed E-state index contributed by atoms with van der Waals surface area (Å²) in [4.78, 5) is 18.3. The highest BCUT2D eigenvalue weighted by molar-refractivity contribution is 5.28. The van der Waals surface area contributed by atoms with Crippen molar-refractivity contribution >= 4 is 0 Å². The Morgan fingerprint density at radius 3 is 1.60 bits per heavy atom. The minimum Gasteiger partial charge on any atom is -0.258 e. The summed E-state index contributed by atoms with van der Waals surface area (Å²) >= 11 is 0. The Kier molecular flexibility index (Phi) is 2.94. The van der Waals surface area contributed by atoms with Gasteiger partial charge in [-0.25, -0.2) is 0 Å². The van der Waals surface area contributed by atoms with Crippen molar-refractivity contribution in [3.63, 3.8) is 0 Å². The van der Waals surface area contributed by atoms with E-state index in [1.165, 1.54) is 48.5 Å². The third-order valence-electron chi connectivity index (χ3n) is 4.66. The summed E-state index contributed by atoms with van der Waals surface area (Å²) in [6.45, 7) is 0. The van der Waals surface area contributed by atoms with Gasteiger partial charge in [-0.2, -0.15) is 0 Å². The predicted octanol–water partition coefficient (Wildman–Crippen LogP) is 2.81. The second-order valence-corrected chi connectivity index (χ2v) is 5.77. The van der Waals surface area contributed by atoms with Crippen LogP contribution in [0, 0.1) is 0 Å². The number of hydrogen-bond acceptors (Lipinski definition) is 4. The molecule has 2 unspecified atom stereocenters. The SMILES string of the molecule is c1cnc2c(n1)CCCC2C1CCCc2nccnc21. The molecular weight excluding hydrogens is 248 g/mol. The smallest absolute Gasteiger partial charge is 0.0656 e.